The topological polar surface area (TPSA) is 49.4 Å². The summed E-state index contributed by atoms with van der Waals surface area (Å²) in [6.07, 6.45) is 0. The van der Waals surface area contributed by atoms with Gasteiger partial charge in [-0.3, -0.25) is 14.5 Å². The number of carbonyl (C=O) groups excluding carboxylic acids is 2. The summed E-state index contributed by atoms with van der Waals surface area (Å²) in [5.74, 6) is 0.216. The highest BCUT2D eigenvalue weighted by Crippen LogP contribution is 2.42. The SMILES string of the molecule is Cc1cccc(N2C(=O)CS[C@@H]2c2ccc(NC(=O)c3ccc(Cl)cc3Cl)cc2)c1. The summed E-state index contributed by atoms with van der Waals surface area (Å²) >= 11 is 13.6. The minimum Gasteiger partial charge on any atom is -0.322 e. The number of amides is 2. The number of hydrogen-bond donors (Lipinski definition) is 1. The minimum atomic E-state index is -0.309. The molecule has 1 aliphatic rings. The quantitative estimate of drug-likeness (QED) is 0.498. The number of carbonyl (C=O) groups is 2. The number of thioether (sulfide) groups is 1. The maximum absolute atomic E-state index is 12.5. The van der Waals surface area contributed by atoms with Gasteiger partial charge in [0, 0.05) is 16.4 Å². The number of benzene rings is 3. The van der Waals surface area contributed by atoms with Crippen LogP contribution in [0.25, 0.3) is 0 Å². The summed E-state index contributed by atoms with van der Waals surface area (Å²) in [4.78, 5) is 26.9. The molecule has 1 heterocycles. The first kappa shape index (κ1) is 20.8. The molecular weight excluding hydrogens is 439 g/mol. The zero-order chi connectivity index (χ0) is 21.3. The summed E-state index contributed by atoms with van der Waals surface area (Å²) < 4.78 is 0. The number of aryl methyl sites for hydroxylation is 1. The Labute approximate surface area is 189 Å². The number of rotatable bonds is 4. The minimum absolute atomic E-state index is 0.0883. The van der Waals surface area contributed by atoms with Gasteiger partial charge in [-0.1, -0.05) is 47.5 Å². The van der Waals surface area contributed by atoms with Gasteiger partial charge in [0.05, 0.1) is 16.3 Å². The van der Waals surface area contributed by atoms with Gasteiger partial charge in [0.25, 0.3) is 5.91 Å². The molecule has 1 aliphatic heterocycles. The lowest BCUT2D eigenvalue weighted by Gasteiger charge is -2.25. The van der Waals surface area contributed by atoms with Crippen molar-refractivity contribution in [1.29, 1.82) is 0 Å². The number of halogens is 2. The normalized spacial score (nSPS) is 16.0. The molecule has 0 unspecified atom stereocenters. The molecule has 0 aliphatic carbocycles. The van der Waals surface area contributed by atoms with Crippen LogP contribution in [0, 0.1) is 6.92 Å². The third-order valence-electron chi connectivity index (χ3n) is 4.78. The summed E-state index contributed by atoms with van der Waals surface area (Å²) in [5.41, 5.74) is 3.99. The van der Waals surface area contributed by atoms with E-state index in [2.05, 4.69) is 5.32 Å². The third kappa shape index (κ3) is 4.33. The van der Waals surface area contributed by atoms with Crippen molar-refractivity contribution < 1.29 is 9.59 Å². The van der Waals surface area contributed by atoms with E-state index in [9.17, 15) is 9.59 Å². The van der Waals surface area contributed by atoms with Gasteiger partial charge in [-0.2, -0.15) is 0 Å². The fourth-order valence-corrected chi connectivity index (χ4v) is 5.00. The lowest BCUT2D eigenvalue weighted by Crippen LogP contribution is -2.27. The molecule has 3 aromatic carbocycles. The summed E-state index contributed by atoms with van der Waals surface area (Å²) in [6, 6.07) is 20.2. The van der Waals surface area contributed by atoms with Crippen LogP contribution in [0.5, 0.6) is 0 Å². The van der Waals surface area contributed by atoms with Gasteiger partial charge < -0.3 is 5.32 Å². The standard InChI is InChI=1S/C23H18Cl2N2O2S/c1-14-3-2-4-18(11-14)27-21(28)13-30-23(27)15-5-8-17(9-6-15)26-22(29)19-10-7-16(24)12-20(19)25/h2-12,23H,13H2,1H3,(H,26,29)/t23-/m1/s1. The Morgan fingerprint density at radius 2 is 1.83 bits per heavy atom. The zero-order valence-corrected chi connectivity index (χ0v) is 18.4. The van der Waals surface area contributed by atoms with Gasteiger partial charge in [-0.25, -0.2) is 0 Å². The second-order valence-corrected chi connectivity index (χ2v) is 8.88. The van der Waals surface area contributed by atoms with Crippen molar-refractivity contribution in [3.8, 4) is 0 Å². The highest BCUT2D eigenvalue weighted by molar-refractivity contribution is 8.00. The van der Waals surface area contributed by atoms with Crippen LogP contribution in [0.4, 0.5) is 11.4 Å². The number of hydrogen-bond acceptors (Lipinski definition) is 3. The fraction of sp³-hybridized carbons (Fsp3) is 0.130. The highest BCUT2D eigenvalue weighted by Gasteiger charge is 2.34. The van der Waals surface area contributed by atoms with E-state index in [-0.39, 0.29) is 17.2 Å². The Morgan fingerprint density at radius 1 is 1.07 bits per heavy atom. The van der Waals surface area contributed by atoms with Crippen molar-refractivity contribution in [2.75, 3.05) is 16.0 Å². The molecule has 0 spiro atoms. The van der Waals surface area contributed by atoms with E-state index < -0.39 is 0 Å². The van der Waals surface area contributed by atoms with Crippen molar-refractivity contribution >= 4 is 58.2 Å². The smallest absolute Gasteiger partial charge is 0.257 e. The fourth-order valence-electron chi connectivity index (χ4n) is 3.33. The molecule has 4 rings (SSSR count). The molecule has 1 atom stereocenters. The molecule has 0 aromatic heterocycles. The summed E-state index contributed by atoms with van der Waals surface area (Å²) in [5, 5.41) is 3.51. The van der Waals surface area contributed by atoms with E-state index in [0.717, 1.165) is 16.8 Å². The molecule has 0 saturated carbocycles. The second kappa shape index (κ2) is 8.72. The van der Waals surface area contributed by atoms with Crippen LogP contribution in [0.3, 0.4) is 0 Å². The van der Waals surface area contributed by atoms with Crippen molar-refractivity contribution in [3.05, 3.63) is 93.5 Å². The Hall–Kier alpha value is -2.47. The highest BCUT2D eigenvalue weighted by atomic mass is 35.5. The van der Waals surface area contributed by atoms with E-state index in [1.165, 1.54) is 6.07 Å². The van der Waals surface area contributed by atoms with Crippen LogP contribution < -0.4 is 10.2 Å². The Balaban J connectivity index is 1.53. The average molecular weight is 457 g/mol. The molecule has 152 valence electrons. The monoisotopic (exact) mass is 456 g/mol. The van der Waals surface area contributed by atoms with E-state index in [1.807, 2.05) is 60.4 Å². The maximum Gasteiger partial charge on any atom is 0.257 e. The van der Waals surface area contributed by atoms with Gasteiger partial charge in [-0.15, -0.1) is 11.8 Å². The largest absolute Gasteiger partial charge is 0.322 e. The van der Waals surface area contributed by atoms with Crippen LogP contribution >= 0.6 is 35.0 Å². The van der Waals surface area contributed by atoms with Gasteiger partial charge in [-0.05, 0) is 60.5 Å². The predicted octanol–water partition coefficient (Wildman–Crippen LogP) is 6.33. The molecule has 4 nitrogen and oxygen atoms in total. The third-order valence-corrected chi connectivity index (χ3v) is 6.54. The molecule has 0 radical (unpaired) electrons. The predicted molar refractivity (Wildman–Crippen MR) is 125 cm³/mol. The van der Waals surface area contributed by atoms with Gasteiger partial charge in [0.1, 0.15) is 5.37 Å². The average Bonchev–Trinajstić information content (AvgIpc) is 3.10. The number of nitrogens with zero attached hydrogens (tertiary/aromatic N) is 1. The van der Waals surface area contributed by atoms with Crippen LogP contribution in [0.15, 0.2) is 66.7 Å². The Kier molecular flexibility index (Phi) is 6.04. The van der Waals surface area contributed by atoms with E-state index in [4.69, 9.17) is 23.2 Å². The van der Waals surface area contributed by atoms with Crippen molar-refractivity contribution in [2.45, 2.75) is 12.3 Å². The van der Waals surface area contributed by atoms with Gasteiger partial charge in [0.2, 0.25) is 5.91 Å². The maximum atomic E-state index is 12.5. The van der Waals surface area contributed by atoms with E-state index >= 15 is 0 Å². The second-order valence-electron chi connectivity index (χ2n) is 6.97. The molecule has 1 fully saturated rings. The Bertz CT molecular complexity index is 1120. The molecule has 1 N–H and O–H groups in total. The van der Waals surface area contributed by atoms with Gasteiger partial charge >= 0.3 is 0 Å². The first-order chi connectivity index (χ1) is 14.4. The molecule has 2 amide bonds. The lowest BCUT2D eigenvalue weighted by molar-refractivity contribution is -0.115. The molecule has 0 bridgehead atoms. The van der Waals surface area contributed by atoms with E-state index in [0.29, 0.717) is 27.0 Å². The van der Waals surface area contributed by atoms with Crippen molar-refractivity contribution in [3.63, 3.8) is 0 Å². The molecule has 3 aromatic rings. The summed E-state index contributed by atoms with van der Waals surface area (Å²) in [6.45, 7) is 2.01. The summed E-state index contributed by atoms with van der Waals surface area (Å²) in [7, 11) is 0. The van der Waals surface area contributed by atoms with Crippen LogP contribution in [0.1, 0.15) is 26.9 Å². The van der Waals surface area contributed by atoms with Crippen molar-refractivity contribution in [1.82, 2.24) is 0 Å². The molecule has 7 heteroatoms. The lowest BCUT2D eigenvalue weighted by atomic mass is 10.1. The van der Waals surface area contributed by atoms with Gasteiger partial charge in [0.15, 0.2) is 0 Å². The first-order valence-corrected chi connectivity index (χ1v) is 11.1. The van der Waals surface area contributed by atoms with Crippen LogP contribution in [0.2, 0.25) is 10.0 Å². The number of nitrogens with one attached hydrogen (secondary N) is 1. The zero-order valence-electron chi connectivity index (χ0n) is 16.1. The van der Waals surface area contributed by atoms with Crippen molar-refractivity contribution in [2.24, 2.45) is 0 Å². The van der Waals surface area contributed by atoms with Crippen LogP contribution in [-0.2, 0) is 4.79 Å². The van der Waals surface area contributed by atoms with Crippen LogP contribution in [-0.4, -0.2) is 17.6 Å². The van der Waals surface area contributed by atoms with E-state index in [1.54, 1.807) is 23.9 Å². The molecule has 30 heavy (non-hydrogen) atoms. The molecule has 1 saturated heterocycles. The Morgan fingerprint density at radius 3 is 2.53 bits per heavy atom. The first-order valence-electron chi connectivity index (χ1n) is 9.29. The molecular formula is C23H18Cl2N2O2S. The number of anilines is 2.